The minimum atomic E-state index is 0.446. The molecule has 1 aromatic heterocycles. The number of benzene rings is 1. The van der Waals surface area contributed by atoms with Gasteiger partial charge in [0, 0.05) is 12.1 Å². The van der Waals surface area contributed by atoms with E-state index in [-0.39, 0.29) is 0 Å². The van der Waals surface area contributed by atoms with E-state index in [2.05, 4.69) is 32.0 Å². The number of fused-ring (bicyclic) bond motifs is 1. The van der Waals surface area contributed by atoms with E-state index in [9.17, 15) is 0 Å². The third-order valence-corrected chi connectivity index (χ3v) is 3.51. The molecule has 1 aliphatic rings. The van der Waals surface area contributed by atoms with Crippen LogP contribution in [0.15, 0.2) is 22.9 Å². The number of nitrogens with zero attached hydrogens (tertiary/aromatic N) is 1. The number of hydrogen-bond donors (Lipinski definition) is 2. The van der Waals surface area contributed by atoms with Crippen molar-refractivity contribution in [2.75, 3.05) is 6.61 Å². The van der Waals surface area contributed by atoms with Crippen LogP contribution in [-0.2, 0) is 13.0 Å². The topological polar surface area (TPSA) is 63.9 Å². The fourth-order valence-electron chi connectivity index (χ4n) is 2.27. The number of aryl methyl sites for hydroxylation is 1. The predicted molar refractivity (Wildman–Crippen MR) is 73.4 cm³/mol. The first-order chi connectivity index (χ1) is 8.78. The number of hydrogen-bond acceptors (Lipinski definition) is 3. The molecule has 0 amide bonds. The van der Waals surface area contributed by atoms with Gasteiger partial charge in [0.25, 0.3) is 0 Å². The number of aromatic nitrogens is 2. The summed E-state index contributed by atoms with van der Waals surface area (Å²) in [4.78, 5) is 7.56. The van der Waals surface area contributed by atoms with E-state index in [4.69, 9.17) is 10.5 Å². The van der Waals surface area contributed by atoms with Crippen LogP contribution < -0.4 is 10.5 Å². The lowest BCUT2D eigenvalue weighted by Gasteiger charge is -2.17. The summed E-state index contributed by atoms with van der Waals surface area (Å²) < 4.78 is 6.33. The quantitative estimate of drug-likeness (QED) is 0.896. The minimum absolute atomic E-state index is 0.446. The average molecular weight is 308 g/mol. The van der Waals surface area contributed by atoms with Crippen LogP contribution in [0.2, 0.25) is 0 Å². The molecule has 0 atom stereocenters. The second-order valence-electron chi connectivity index (χ2n) is 4.33. The molecule has 0 fully saturated rings. The van der Waals surface area contributed by atoms with Crippen LogP contribution in [0.4, 0.5) is 0 Å². The van der Waals surface area contributed by atoms with Crippen LogP contribution in [0.25, 0.3) is 11.3 Å². The lowest BCUT2D eigenvalue weighted by atomic mass is 10.0. The van der Waals surface area contributed by atoms with Gasteiger partial charge < -0.3 is 15.5 Å². The van der Waals surface area contributed by atoms with Gasteiger partial charge in [-0.1, -0.05) is 0 Å². The minimum Gasteiger partial charge on any atom is -0.493 e. The van der Waals surface area contributed by atoms with Gasteiger partial charge in [-0.15, -0.1) is 0 Å². The molecule has 3 N–H and O–H groups in total. The highest BCUT2D eigenvalue weighted by Crippen LogP contribution is 2.31. The largest absolute Gasteiger partial charge is 0.493 e. The van der Waals surface area contributed by atoms with Crippen LogP contribution in [0.5, 0.6) is 5.75 Å². The summed E-state index contributed by atoms with van der Waals surface area (Å²) in [7, 11) is 0. The molecule has 2 heterocycles. The number of imidazole rings is 1. The second-order valence-corrected chi connectivity index (χ2v) is 5.08. The van der Waals surface area contributed by atoms with Crippen molar-refractivity contribution < 1.29 is 4.74 Å². The van der Waals surface area contributed by atoms with E-state index in [0.717, 1.165) is 42.1 Å². The lowest BCUT2D eigenvalue weighted by molar-refractivity contribution is 0.288. The molecule has 2 aromatic rings. The van der Waals surface area contributed by atoms with Gasteiger partial charge in [0.1, 0.15) is 5.75 Å². The Morgan fingerprint density at radius 3 is 3.17 bits per heavy atom. The first kappa shape index (κ1) is 11.7. The third-order valence-electron chi connectivity index (χ3n) is 3.14. The zero-order valence-electron chi connectivity index (χ0n) is 9.87. The number of nitrogens with two attached hydrogens (primary N) is 1. The Morgan fingerprint density at radius 2 is 2.33 bits per heavy atom. The van der Waals surface area contributed by atoms with Crippen molar-refractivity contribution in [3.05, 3.63) is 34.2 Å². The first-order valence-corrected chi connectivity index (χ1v) is 6.78. The molecule has 94 valence electrons. The van der Waals surface area contributed by atoms with Crippen molar-refractivity contribution in [2.24, 2.45) is 5.73 Å². The van der Waals surface area contributed by atoms with E-state index in [0.29, 0.717) is 11.3 Å². The Kier molecular flexibility index (Phi) is 3.09. The van der Waals surface area contributed by atoms with Crippen LogP contribution in [0.1, 0.15) is 17.7 Å². The molecular formula is C13H14BrN3O. The van der Waals surface area contributed by atoms with Gasteiger partial charge >= 0.3 is 0 Å². The van der Waals surface area contributed by atoms with Gasteiger partial charge in [-0.05, 0) is 52.5 Å². The predicted octanol–water partition coefficient (Wildman–Crippen LogP) is 2.62. The van der Waals surface area contributed by atoms with E-state index in [1.54, 1.807) is 0 Å². The van der Waals surface area contributed by atoms with Gasteiger partial charge in [0.2, 0.25) is 0 Å². The maximum atomic E-state index is 5.72. The third kappa shape index (κ3) is 2.04. The maximum absolute atomic E-state index is 5.72. The molecule has 3 rings (SSSR count). The zero-order valence-corrected chi connectivity index (χ0v) is 11.5. The summed E-state index contributed by atoms with van der Waals surface area (Å²) in [5.74, 6) is 0.994. The second kappa shape index (κ2) is 4.74. The highest BCUT2D eigenvalue weighted by atomic mass is 79.9. The normalized spacial score (nSPS) is 14.1. The number of ether oxygens (including phenoxy) is 1. The Bertz CT molecular complexity index is 580. The smallest absolute Gasteiger partial charge is 0.175 e. The molecule has 0 radical (unpaired) electrons. The monoisotopic (exact) mass is 307 g/mol. The first-order valence-electron chi connectivity index (χ1n) is 5.98. The van der Waals surface area contributed by atoms with Gasteiger partial charge in [-0.2, -0.15) is 0 Å². The summed E-state index contributed by atoms with van der Waals surface area (Å²) in [5, 5.41) is 0. The van der Waals surface area contributed by atoms with Crippen LogP contribution >= 0.6 is 15.9 Å². The van der Waals surface area contributed by atoms with Crippen molar-refractivity contribution in [3.63, 3.8) is 0 Å². The SMILES string of the molecule is NCc1[nH]c(Br)nc1-c1ccc2c(c1)CCCO2. The Hall–Kier alpha value is -1.33. The molecule has 1 aliphatic heterocycles. The molecule has 5 heteroatoms. The van der Waals surface area contributed by atoms with Crippen molar-refractivity contribution in [1.29, 1.82) is 0 Å². The maximum Gasteiger partial charge on any atom is 0.175 e. The number of halogens is 1. The molecule has 0 unspecified atom stereocenters. The fraction of sp³-hybridized carbons (Fsp3) is 0.308. The summed E-state index contributed by atoms with van der Waals surface area (Å²) >= 11 is 3.35. The van der Waals surface area contributed by atoms with Crippen molar-refractivity contribution >= 4 is 15.9 Å². The highest BCUT2D eigenvalue weighted by Gasteiger charge is 2.14. The Morgan fingerprint density at radius 1 is 1.44 bits per heavy atom. The van der Waals surface area contributed by atoms with Crippen molar-refractivity contribution in [1.82, 2.24) is 9.97 Å². The molecule has 0 bridgehead atoms. The Balaban J connectivity index is 2.06. The van der Waals surface area contributed by atoms with Gasteiger partial charge in [0.05, 0.1) is 18.0 Å². The molecule has 4 nitrogen and oxygen atoms in total. The lowest BCUT2D eigenvalue weighted by Crippen LogP contribution is -2.08. The molecule has 0 aliphatic carbocycles. The standard InChI is InChI=1S/C13H14BrN3O/c14-13-16-10(7-15)12(17-13)9-3-4-11-8(6-9)2-1-5-18-11/h3-4,6H,1-2,5,7,15H2,(H,16,17). The molecule has 1 aromatic carbocycles. The number of aromatic amines is 1. The summed E-state index contributed by atoms with van der Waals surface area (Å²) in [6.45, 7) is 1.26. The van der Waals surface area contributed by atoms with Crippen molar-refractivity contribution in [3.8, 4) is 17.0 Å². The number of H-pyrrole nitrogens is 1. The summed E-state index contributed by atoms with van der Waals surface area (Å²) in [6, 6.07) is 6.20. The van der Waals surface area contributed by atoms with Crippen LogP contribution in [-0.4, -0.2) is 16.6 Å². The molecule has 0 saturated carbocycles. The average Bonchev–Trinajstić information content (AvgIpc) is 2.79. The fourth-order valence-corrected chi connectivity index (χ4v) is 2.69. The van der Waals surface area contributed by atoms with E-state index in [1.165, 1.54) is 5.56 Å². The summed E-state index contributed by atoms with van der Waals surface area (Å²) in [6.07, 6.45) is 2.14. The van der Waals surface area contributed by atoms with E-state index < -0.39 is 0 Å². The zero-order chi connectivity index (χ0) is 12.5. The molecular weight excluding hydrogens is 294 g/mol. The Labute approximate surface area is 114 Å². The van der Waals surface area contributed by atoms with E-state index >= 15 is 0 Å². The van der Waals surface area contributed by atoms with Crippen LogP contribution in [0.3, 0.4) is 0 Å². The number of nitrogens with one attached hydrogen (secondary N) is 1. The van der Waals surface area contributed by atoms with E-state index in [1.807, 2.05) is 12.1 Å². The molecule has 18 heavy (non-hydrogen) atoms. The van der Waals surface area contributed by atoms with Crippen molar-refractivity contribution in [2.45, 2.75) is 19.4 Å². The molecule has 0 spiro atoms. The number of rotatable bonds is 2. The van der Waals surface area contributed by atoms with Gasteiger partial charge in [-0.3, -0.25) is 0 Å². The highest BCUT2D eigenvalue weighted by molar-refractivity contribution is 9.10. The van der Waals surface area contributed by atoms with Gasteiger partial charge in [-0.25, -0.2) is 4.98 Å². The summed E-state index contributed by atoms with van der Waals surface area (Å²) in [5.41, 5.74) is 9.92. The van der Waals surface area contributed by atoms with Gasteiger partial charge in [0.15, 0.2) is 4.73 Å². The molecule has 0 saturated heterocycles. The van der Waals surface area contributed by atoms with Crippen LogP contribution in [0, 0.1) is 0 Å².